The van der Waals surface area contributed by atoms with Gasteiger partial charge in [-0.3, -0.25) is 4.79 Å². The van der Waals surface area contributed by atoms with Crippen LogP contribution in [0.4, 0.5) is 0 Å². The molecule has 1 heterocycles. The summed E-state index contributed by atoms with van der Waals surface area (Å²) in [6.07, 6.45) is 2.97. The number of carbonyl (C=O) groups is 1. The number of methoxy groups -OCH3 is 1. The van der Waals surface area contributed by atoms with Crippen LogP contribution in [0.25, 0.3) is 11.0 Å². The van der Waals surface area contributed by atoms with Crippen molar-refractivity contribution in [3.05, 3.63) is 35.6 Å². The molecule has 0 spiro atoms. The predicted octanol–water partition coefficient (Wildman–Crippen LogP) is 2.69. The highest BCUT2D eigenvalue weighted by molar-refractivity contribution is 5.88. The summed E-state index contributed by atoms with van der Waals surface area (Å²) >= 11 is 0. The van der Waals surface area contributed by atoms with Crippen LogP contribution in [0.1, 0.15) is 25.0 Å². The van der Waals surface area contributed by atoms with E-state index in [4.69, 9.17) is 9.15 Å². The number of fused-ring (bicyclic) bond motifs is 1. The van der Waals surface area contributed by atoms with Crippen LogP contribution in [0.15, 0.2) is 28.9 Å². The van der Waals surface area contributed by atoms with E-state index in [-0.39, 0.29) is 11.9 Å². The number of hydrogen-bond donors (Lipinski definition) is 1. The number of ether oxygens (including phenoxy) is 1. The zero-order valence-electron chi connectivity index (χ0n) is 12.2. The molecular formula is C16H21NO3. The summed E-state index contributed by atoms with van der Waals surface area (Å²) in [4.78, 5) is 12.0. The van der Waals surface area contributed by atoms with Gasteiger partial charge in [-0.1, -0.05) is 13.0 Å². The van der Waals surface area contributed by atoms with Crippen LogP contribution in [0.5, 0.6) is 0 Å². The van der Waals surface area contributed by atoms with Crippen LogP contribution in [-0.2, 0) is 22.4 Å². The molecule has 1 N–H and O–H groups in total. The number of hydrogen-bond acceptors (Lipinski definition) is 3. The van der Waals surface area contributed by atoms with Crippen molar-refractivity contribution in [3.63, 3.8) is 0 Å². The minimum absolute atomic E-state index is 0.0110. The van der Waals surface area contributed by atoms with Crippen LogP contribution in [0.2, 0.25) is 0 Å². The van der Waals surface area contributed by atoms with Gasteiger partial charge < -0.3 is 14.5 Å². The number of carbonyl (C=O) groups excluding carboxylic acids is 1. The van der Waals surface area contributed by atoms with Crippen LogP contribution in [-0.4, -0.2) is 25.7 Å². The Kier molecular flexibility index (Phi) is 4.79. The monoisotopic (exact) mass is 275 g/mol. The Balaban J connectivity index is 2.11. The van der Waals surface area contributed by atoms with Crippen molar-refractivity contribution in [2.24, 2.45) is 0 Å². The Bertz CT molecular complexity index is 588. The molecule has 4 heteroatoms. The van der Waals surface area contributed by atoms with Crippen molar-refractivity contribution in [3.8, 4) is 0 Å². The molecule has 1 amide bonds. The lowest BCUT2D eigenvalue weighted by Crippen LogP contribution is -2.36. The molecular weight excluding hydrogens is 254 g/mol. The van der Waals surface area contributed by atoms with Crippen molar-refractivity contribution < 1.29 is 13.9 Å². The Labute approximate surface area is 119 Å². The van der Waals surface area contributed by atoms with Crippen molar-refractivity contribution in [2.75, 3.05) is 13.7 Å². The number of benzene rings is 1. The van der Waals surface area contributed by atoms with Gasteiger partial charge in [0.05, 0.1) is 19.3 Å². The summed E-state index contributed by atoms with van der Waals surface area (Å²) in [7, 11) is 1.62. The molecule has 1 unspecified atom stereocenters. The lowest BCUT2D eigenvalue weighted by atomic mass is 10.1. The molecule has 1 aromatic heterocycles. The highest BCUT2D eigenvalue weighted by Crippen LogP contribution is 2.23. The summed E-state index contributed by atoms with van der Waals surface area (Å²) in [5.41, 5.74) is 3.00. The van der Waals surface area contributed by atoms with E-state index in [0.29, 0.717) is 13.0 Å². The van der Waals surface area contributed by atoms with Gasteiger partial charge >= 0.3 is 0 Å². The molecule has 4 nitrogen and oxygen atoms in total. The van der Waals surface area contributed by atoms with Gasteiger partial charge in [0.25, 0.3) is 0 Å². The van der Waals surface area contributed by atoms with Gasteiger partial charge in [-0.25, -0.2) is 0 Å². The topological polar surface area (TPSA) is 51.5 Å². The second kappa shape index (κ2) is 6.57. The van der Waals surface area contributed by atoms with Gasteiger partial charge in [0, 0.05) is 24.1 Å². The zero-order valence-corrected chi connectivity index (χ0v) is 12.2. The number of aryl methyl sites for hydroxylation is 1. The largest absolute Gasteiger partial charge is 0.464 e. The first-order valence-corrected chi connectivity index (χ1v) is 6.91. The average Bonchev–Trinajstić information content (AvgIpc) is 2.81. The molecule has 2 rings (SSSR count). The Hall–Kier alpha value is -1.81. The summed E-state index contributed by atoms with van der Waals surface area (Å²) in [5, 5.41) is 3.93. The third-order valence-electron chi connectivity index (χ3n) is 3.30. The fraction of sp³-hybridized carbons (Fsp3) is 0.438. The van der Waals surface area contributed by atoms with Crippen LogP contribution >= 0.6 is 0 Å². The summed E-state index contributed by atoms with van der Waals surface area (Å²) in [6.45, 7) is 4.54. The minimum atomic E-state index is -0.0147. The van der Waals surface area contributed by atoms with E-state index in [0.717, 1.165) is 23.0 Å². The van der Waals surface area contributed by atoms with Crippen LogP contribution in [0.3, 0.4) is 0 Å². The number of amides is 1. The Morgan fingerprint density at radius 2 is 2.25 bits per heavy atom. The molecule has 0 aliphatic rings. The highest BCUT2D eigenvalue weighted by atomic mass is 16.5. The smallest absolute Gasteiger partial charge is 0.224 e. The molecule has 0 saturated carbocycles. The van der Waals surface area contributed by atoms with Gasteiger partial charge in [0.15, 0.2) is 0 Å². The van der Waals surface area contributed by atoms with Crippen molar-refractivity contribution >= 4 is 16.9 Å². The maximum atomic E-state index is 12.0. The molecule has 108 valence electrons. The third kappa shape index (κ3) is 3.39. The second-order valence-electron chi connectivity index (χ2n) is 5.05. The fourth-order valence-corrected chi connectivity index (χ4v) is 2.28. The van der Waals surface area contributed by atoms with E-state index in [2.05, 4.69) is 24.4 Å². The van der Waals surface area contributed by atoms with Gasteiger partial charge in [0.1, 0.15) is 5.58 Å². The number of rotatable bonds is 6. The first-order chi connectivity index (χ1) is 9.63. The van der Waals surface area contributed by atoms with E-state index < -0.39 is 0 Å². The van der Waals surface area contributed by atoms with E-state index in [9.17, 15) is 4.79 Å². The standard InChI is InChI=1S/C16H21NO3/c1-4-12-5-6-15-14(7-12)13(10-20-15)8-16(18)17-11(2)9-19-3/h5-7,10-11H,4,8-9H2,1-3H3,(H,17,18). The maximum Gasteiger partial charge on any atom is 0.224 e. The molecule has 1 aromatic carbocycles. The SMILES string of the molecule is CCc1ccc2occ(CC(=O)NC(C)COC)c2c1. The summed E-state index contributed by atoms with van der Waals surface area (Å²) in [5.74, 6) is -0.0147. The molecule has 1 atom stereocenters. The normalized spacial score (nSPS) is 12.6. The van der Waals surface area contributed by atoms with E-state index in [1.807, 2.05) is 13.0 Å². The van der Waals surface area contributed by atoms with Gasteiger partial charge in [-0.05, 0) is 31.0 Å². The quantitative estimate of drug-likeness (QED) is 0.882. The minimum Gasteiger partial charge on any atom is -0.464 e. The maximum absolute atomic E-state index is 12.0. The molecule has 0 radical (unpaired) electrons. The van der Waals surface area contributed by atoms with E-state index in [1.54, 1.807) is 13.4 Å². The lowest BCUT2D eigenvalue weighted by molar-refractivity contribution is -0.121. The molecule has 0 aliphatic heterocycles. The van der Waals surface area contributed by atoms with E-state index in [1.165, 1.54) is 5.56 Å². The number of nitrogens with one attached hydrogen (secondary N) is 1. The van der Waals surface area contributed by atoms with Gasteiger partial charge in [-0.15, -0.1) is 0 Å². The molecule has 20 heavy (non-hydrogen) atoms. The third-order valence-corrected chi connectivity index (χ3v) is 3.30. The summed E-state index contributed by atoms with van der Waals surface area (Å²) < 4.78 is 10.5. The molecule has 2 aromatic rings. The van der Waals surface area contributed by atoms with Gasteiger partial charge in [0.2, 0.25) is 5.91 Å². The summed E-state index contributed by atoms with van der Waals surface area (Å²) in [6, 6.07) is 6.12. The Morgan fingerprint density at radius 3 is 2.95 bits per heavy atom. The van der Waals surface area contributed by atoms with Gasteiger partial charge in [-0.2, -0.15) is 0 Å². The number of furan rings is 1. The second-order valence-corrected chi connectivity index (χ2v) is 5.05. The van der Waals surface area contributed by atoms with Crippen LogP contribution < -0.4 is 5.32 Å². The van der Waals surface area contributed by atoms with Crippen molar-refractivity contribution in [1.29, 1.82) is 0 Å². The lowest BCUT2D eigenvalue weighted by Gasteiger charge is -2.12. The highest BCUT2D eigenvalue weighted by Gasteiger charge is 2.12. The van der Waals surface area contributed by atoms with E-state index >= 15 is 0 Å². The van der Waals surface area contributed by atoms with Crippen LogP contribution in [0, 0.1) is 0 Å². The van der Waals surface area contributed by atoms with Crippen molar-refractivity contribution in [1.82, 2.24) is 5.32 Å². The zero-order chi connectivity index (χ0) is 14.5. The van der Waals surface area contributed by atoms with Crippen molar-refractivity contribution in [2.45, 2.75) is 32.7 Å². The Morgan fingerprint density at radius 1 is 1.45 bits per heavy atom. The molecule has 0 bridgehead atoms. The molecule has 0 aliphatic carbocycles. The first-order valence-electron chi connectivity index (χ1n) is 6.91. The fourth-order valence-electron chi connectivity index (χ4n) is 2.28. The predicted molar refractivity (Wildman–Crippen MR) is 78.8 cm³/mol. The first kappa shape index (κ1) is 14.6. The average molecular weight is 275 g/mol. The molecule has 0 saturated heterocycles. The molecule has 0 fully saturated rings.